The van der Waals surface area contributed by atoms with Crippen LogP contribution < -0.4 is 5.43 Å². The molecule has 152 valence electrons. The van der Waals surface area contributed by atoms with E-state index in [9.17, 15) is 0 Å². The third kappa shape index (κ3) is 3.73. The van der Waals surface area contributed by atoms with Crippen molar-refractivity contribution in [2.24, 2.45) is 0 Å². The molecule has 0 aliphatic carbocycles. The fourth-order valence-corrected chi connectivity index (χ4v) is 5.21. The third-order valence-electron chi connectivity index (χ3n) is 6.88. The number of nitrogens with zero attached hydrogens (tertiary/aromatic N) is 2. The van der Waals surface area contributed by atoms with E-state index in [4.69, 9.17) is 9.47 Å². The van der Waals surface area contributed by atoms with Crippen molar-refractivity contribution in [1.82, 2.24) is 15.3 Å². The highest BCUT2D eigenvalue weighted by Gasteiger charge is 2.42. The smallest absolute Gasteiger partial charge is 0.145 e. The number of likely N-dealkylation sites (tertiary alicyclic amines) is 1. The van der Waals surface area contributed by atoms with Crippen LogP contribution in [0.5, 0.6) is 0 Å². The third-order valence-corrected chi connectivity index (χ3v) is 6.88. The van der Waals surface area contributed by atoms with Crippen LogP contribution in [0.2, 0.25) is 0 Å². The molecule has 5 heteroatoms. The zero-order chi connectivity index (χ0) is 18.8. The van der Waals surface area contributed by atoms with Crippen molar-refractivity contribution in [3.63, 3.8) is 0 Å². The fourth-order valence-electron chi connectivity index (χ4n) is 5.21. The Balaban J connectivity index is 1.00. The van der Waals surface area contributed by atoms with E-state index < -0.39 is 0 Å². The molecule has 2 fully saturated rings. The van der Waals surface area contributed by atoms with E-state index in [1.54, 1.807) is 0 Å². The maximum absolute atomic E-state index is 6.28. The number of piperidine rings is 2. The van der Waals surface area contributed by atoms with Gasteiger partial charge in [-0.1, -0.05) is 24.3 Å². The minimum atomic E-state index is -0.00996. The molecule has 2 saturated heterocycles. The minimum absolute atomic E-state index is 0.00996. The number of fused-ring (bicyclic) bond motifs is 3. The molecule has 0 saturated carbocycles. The molecular weight excluding hydrogens is 350 g/mol. The Hall–Kier alpha value is -1.40. The highest BCUT2D eigenvalue weighted by atomic mass is 16.5. The molecule has 5 nitrogen and oxygen atoms in total. The van der Waals surface area contributed by atoms with Gasteiger partial charge in [-0.05, 0) is 68.7 Å². The summed E-state index contributed by atoms with van der Waals surface area (Å²) in [5, 5.41) is 2.28. The second-order valence-electron chi connectivity index (χ2n) is 8.68. The Kier molecular flexibility index (Phi) is 5.42. The van der Waals surface area contributed by atoms with Crippen molar-refractivity contribution >= 4 is 0 Å². The molecule has 0 aromatic heterocycles. The second kappa shape index (κ2) is 8.15. The van der Waals surface area contributed by atoms with Gasteiger partial charge in [0.2, 0.25) is 0 Å². The molecule has 1 aromatic carbocycles. The predicted molar refractivity (Wildman–Crippen MR) is 109 cm³/mol. The summed E-state index contributed by atoms with van der Waals surface area (Å²) in [7, 11) is 0. The van der Waals surface area contributed by atoms with Gasteiger partial charge >= 0.3 is 0 Å². The maximum atomic E-state index is 6.28. The van der Waals surface area contributed by atoms with E-state index in [2.05, 4.69) is 45.7 Å². The summed E-state index contributed by atoms with van der Waals surface area (Å²) >= 11 is 0. The van der Waals surface area contributed by atoms with Crippen molar-refractivity contribution in [3.8, 4) is 0 Å². The van der Waals surface area contributed by atoms with Crippen LogP contribution in [0.4, 0.5) is 0 Å². The van der Waals surface area contributed by atoms with E-state index >= 15 is 0 Å². The van der Waals surface area contributed by atoms with Gasteiger partial charge < -0.3 is 19.4 Å². The first-order valence-electron chi connectivity index (χ1n) is 11.1. The van der Waals surface area contributed by atoms with Crippen LogP contribution in [-0.4, -0.2) is 48.9 Å². The van der Waals surface area contributed by atoms with Crippen LogP contribution in [0.1, 0.15) is 56.1 Å². The van der Waals surface area contributed by atoms with Gasteiger partial charge in [0.15, 0.2) is 0 Å². The molecule has 28 heavy (non-hydrogen) atoms. The lowest BCUT2D eigenvalue weighted by atomic mass is 9.84. The van der Waals surface area contributed by atoms with E-state index in [1.165, 1.54) is 49.1 Å². The van der Waals surface area contributed by atoms with Crippen LogP contribution in [0.25, 0.3) is 0 Å². The first kappa shape index (κ1) is 18.6. The number of ether oxygens (including phenoxy) is 2. The molecule has 4 aliphatic rings. The molecule has 4 heterocycles. The standard InChI is InChI=1S/C23H33N3O2/c1-2-9-21-19(7-1)18-28-23(21)10-14-25(15-11-23)12-5-6-16-27-22-17-20-8-3-4-13-26(20)24-22/h1-2,7,9,17,22,24H,3-6,8,10-16,18H2. The lowest BCUT2D eigenvalue weighted by Crippen LogP contribution is -2.42. The minimum Gasteiger partial charge on any atom is -0.365 e. The Morgan fingerprint density at radius 2 is 2.00 bits per heavy atom. The maximum Gasteiger partial charge on any atom is 0.145 e. The van der Waals surface area contributed by atoms with Crippen molar-refractivity contribution in [3.05, 3.63) is 47.2 Å². The molecule has 0 amide bonds. The summed E-state index contributed by atoms with van der Waals surface area (Å²) in [6.45, 7) is 6.20. The number of unbranched alkanes of at least 4 members (excludes halogenated alkanes) is 1. The van der Waals surface area contributed by atoms with Crippen LogP contribution in [0, 0.1) is 0 Å². The highest BCUT2D eigenvalue weighted by Crippen LogP contribution is 2.43. The number of hydrogen-bond donors (Lipinski definition) is 1. The summed E-state index contributed by atoms with van der Waals surface area (Å²) in [4.78, 5) is 2.60. The first-order valence-corrected chi connectivity index (χ1v) is 11.1. The summed E-state index contributed by atoms with van der Waals surface area (Å²) in [5.41, 5.74) is 7.71. The van der Waals surface area contributed by atoms with Crippen LogP contribution in [0.3, 0.4) is 0 Å². The van der Waals surface area contributed by atoms with Crippen LogP contribution in [0.15, 0.2) is 36.0 Å². The first-order chi connectivity index (χ1) is 13.8. The molecule has 0 bridgehead atoms. The highest BCUT2D eigenvalue weighted by molar-refractivity contribution is 5.35. The topological polar surface area (TPSA) is 37.0 Å². The molecule has 1 unspecified atom stereocenters. The Morgan fingerprint density at radius 1 is 1.11 bits per heavy atom. The molecule has 1 spiro atoms. The SMILES string of the molecule is C1=C2CCCCN2NC1OCCCCN1CCC2(CC1)OCc1ccccc12. The largest absolute Gasteiger partial charge is 0.365 e. The van der Waals surface area contributed by atoms with E-state index in [0.29, 0.717) is 0 Å². The Bertz CT molecular complexity index is 712. The lowest BCUT2D eigenvalue weighted by Gasteiger charge is -2.39. The van der Waals surface area contributed by atoms with Gasteiger partial charge in [0.05, 0.1) is 12.2 Å². The lowest BCUT2D eigenvalue weighted by molar-refractivity contribution is -0.0790. The Labute approximate surface area is 168 Å². The molecule has 5 rings (SSSR count). The second-order valence-corrected chi connectivity index (χ2v) is 8.68. The predicted octanol–water partition coefficient (Wildman–Crippen LogP) is 3.52. The number of hydrazine groups is 1. The number of benzene rings is 1. The number of nitrogens with one attached hydrogen (secondary N) is 1. The molecule has 1 atom stereocenters. The van der Waals surface area contributed by atoms with Gasteiger partial charge in [0.1, 0.15) is 6.23 Å². The number of allylic oxidation sites excluding steroid dienone is 1. The monoisotopic (exact) mass is 383 g/mol. The zero-order valence-electron chi connectivity index (χ0n) is 16.9. The van der Waals surface area contributed by atoms with Gasteiger partial charge in [-0.15, -0.1) is 0 Å². The summed E-state index contributed by atoms with van der Waals surface area (Å²) in [6, 6.07) is 8.77. The normalized spacial score (nSPS) is 26.4. The molecule has 4 aliphatic heterocycles. The number of hydrogen-bond acceptors (Lipinski definition) is 5. The molecule has 1 N–H and O–H groups in total. The van der Waals surface area contributed by atoms with Gasteiger partial charge in [0, 0.05) is 31.9 Å². The molecule has 0 radical (unpaired) electrons. The van der Waals surface area contributed by atoms with Crippen LogP contribution in [-0.2, 0) is 21.7 Å². The average Bonchev–Trinajstić information content (AvgIpc) is 3.31. The van der Waals surface area contributed by atoms with Crippen molar-refractivity contribution < 1.29 is 9.47 Å². The van der Waals surface area contributed by atoms with Crippen molar-refractivity contribution in [1.29, 1.82) is 0 Å². The van der Waals surface area contributed by atoms with E-state index in [1.807, 2.05) is 0 Å². The van der Waals surface area contributed by atoms with Gasteiger partial charge in [-0.3, -0.25) is 0 Å². The fraction of sp³-hybridized carbons (Fsp3) is 0.652. The zero-order valence-corrected chi connectivity index (χ0v) is 16.9. The van der Waals surface area contributed by atoms with E-state index in [-0.39, 0.29) is 11.8 Å². The summed E-state index contributed by atoms with van der Waals surface area (Å²) in [6.07, 6.45) is 10.7. The van der Waals surface area contributed by atoms with Gasteiger partial charge in [-0.25, -0.2) is 5.43 Å². The molecule has 1 aromatic rings. The Morgan fingerprint density at radius 3 is 2.89 bits per heavy atom. The van der Waals surface area contributed by atoms with Crippen molar-refractivity contribution in [2.45, 2.75) is 63.4 Å². The van der Waals surface area contributed by atoms with Gasteiger partial charge in [0.25, 0.3) is 0 Å². The summed E-state index contributed by atoms with van der Waals surface area (Å²) < 4.78 is 12.3. The molecular formula is C23H33N3O2. The number of rotatable bonds is 6. The van der Waals surface area contributed by atoms with Crippen molar-refractivity contribution in [2.75, 3.05) is 32.8 Å². The van der Waals surface area contributed by atoms with E-state index in [0.717, 1.165) is 52.1 Å². The van der Waals surface area contributed by atoms with Gasteiger partial charge in [-0.2, -0.15) is 0 Å². The summed E-state index contributed by atoms with van der Waals surface area (Å²) in [5.74, 6) is 0. The van der Waals surface area contributed by atoms with Crippen LogP contribution >= 0.6 is 0 Å². The quantitative estimate of drug-likeness (QED) is 0.761. The average molecular weight is 384 g/mol.